The molecule has 0 saturated carbocycles. The van der Waals surface area contributed by atoms with E-state index < -0.39 is 89.2 Å². The summed E-state index contributed by atoms with van der Waals surface area (Å²) in [6.45, 7) is 14.5. The maximum Gasteiger partial charge on any atom is 0.407 e. The summed E-state index contributed by atoms with van der Waals surface area (Å²) in [7, 11) is 3.86. The van der Waals surface area contributed by atoms with Gasteiger partial charge in [-0.2, -0.15) is 0 Å². The van der Waals surface area contributed by atoms with Crippen molar-refractivity contribution in [3.8, 4) is 0 Å². The number of esters is 3. The number of ether oxygens (including phenoxy) is 6. The molecule has 9 N–H and O–H groups in total. The van der Waals surface area contributed by atoms with Crippen molar-refractivity contribution < 1.29 is 134 Å². The largest absolute Gasteiger partial charge is 1.00 e. The average molecular weight is 1970 g/mol. The molecule has 138 heavy (non-hydrogen) atoms. The number of aldehydes is 2. The lowest BCUT2D eigenvalue weighted by Crippen LogP contribution is -3.00. The number of nitrogens with zero attached hydrogens (tertiary/aromatic N) is 6. The van der Waals surface area contributed by atoms with Gasteiger partial charge in [0.1, 0.15) is 26.1 Å². The van der Waals surface area contributed by atoms with Crippen molar-refractivity contribution in [3.05, 3.63) is 374 Å². The van der Waals surface area contributed by atoms with Gasteiger partial charge in [0.15, 0.2) is 6.29 Å². The van der Waals surface area contributed by atoms with Crippen LogP contribution in [-0.4, -0.2) is 132 Å². The zero-order chi connectivity index (χ0) is 103. The zero-order valence-electron chi connectivity index (χ0n) is 76.4. The van der Waals surface area contributed by atoms with Crippen molar-refractivity contribution in [2.45, 2.75) is 132 Å². The lowest BCUT2D eigenvalue weighted by atomic mass is 9.93. The number of non-ortho nitro benzene ring substituents is 6. The van der Waals surface area contributed by atoms with Crippen LogP contribution in [0.5, 0.6) is 0 Å². The van der Waals surface area contributed by atoms with Crippen LogP contribution in [0, 0.1) is 109 Å². The Morgan fingerprint density at radius 3 is 1.10 bits per heavy atom. The summed E-state index contributed by atoms with van der Waals surface area (Å²) in [4.78, 5) is 170. The summed E-state index contributed by atoms with van der Waals surface area (Å²) in [5.74, 6) is -3.48. The van der Waals surface area contributed by atoms with Crippen LogP contribution < -0.4 is 34.5 Å². The van der Waals surface area contributed by atoms with E-state index in [4.69, 9.17) is 69.0 Å². The van der Waals surface area contributed by atoms with Crippen molar-refractivity contribution in [1.82, 2.24) is 10.6 Å². The first kappa shape index (κ1) is 120. The fourth-order valence-electron chi connectivity index (χ4n) is 11.6. The number of rotatable bonds is 30. The fraction of sp³-hybridized carbons (Fsp3) is 0.255. The monoisotopic (exact) mass is 1970 g/mol. The highest BCUT2D eigenvalue weighted by Crippen LogP contribution is 2.31. The van der Waals surface area contributed by atoms with Crippen molar-refractivity contribution >= 4 is 123 Å². The Morgan fingerprint density at radius 2 is 0.739 bits per heavy atom. The lowest BCUT2D eigenvalue weighted by molar-refractivity contribution is -0.385. The second-order valence-corrected chi connectivity index (χ2v) is 29.4. The molecule has 4 atom stereocenters. The quantitative estimate of drug-likeness (QED) is 0.00321. The molecule has 0 bridgehead atoms. The van der Waals surface area contributed by atoms with Gasteiger partial charge in [-0.15, -0.1) is 11.6 Å². The number of amides is 2. The Bertz CT molecular complexity index is 5790. The molecule has 0 fully saturated rings. The second kappa shape index (κ2) is 63.9. The van der Waals surface area contributed by atoms with E-state index in [-0.39, 0.29) is 122 Å². The van der Waals surface area contributed by atoms with E-state index in [9.17, 15) is 104 Å². The van der Waals surface area contributed by atoms with E-state index in [2.05, 4.69) is 24.8 Å². The van der Waals surface area contributed by atoms with Gasteiger partial charge in [0.05, 0.1) is 107 Å². The molecule has 10 aromatic carbocycles. The number of hydrogen-bond acceptors (Lipinski definition) is 31. The van der Waals surface area contributed by atoms with E-state index in [1.54, 1.807) is 77.1 Å². The van der Waals surface area contributed by atoms with E-state index in [1.807, 2.05) is 118 Å². The molecule has 44 heteroatoms. The minimum atomic E-state index is -1.15. The number of anilines is 1. The number of aliphatic hydroxyl groups excluding tert-OH is 1. The van der Waals surface area contributed by atoms with Gasteiger partial charge in [0.25, 0.3) is 34.1 Å². The van der Waals surface area contributed by atoms with Gasteiger partial charge in [0.2, 0.25) is 0 Å². The molecule has 0 aromatic heterocycles. The van der Waals surface area contributed by atoms with Gasteiger partial charge in [-0.3, -0.25) is 84.7 Å². The Labute approximate surface area is 807 Å². The van der Waals surface area contributed by atoms with Gasteiger partial charge in [0, 0.05) is 102 Å². The molecule has 41 nitrogen and oxygen atoms in total. The van der Waals surface area contributed by atoms with Crippen LogP contribution in [0.2, 0.25) is 0 Å². The van der Waals surface area contributed by atoms with Crippen LogP contribution in [0.25, 0.3) is 0 Å². The van der Waals surface area contributed by atoms with Crippen molar-refractivity contribution in [3.63, 3.8) is 0 Å². The first-order chi connectivity index (χ1) is 64.8. The summed E-state index contributed by atoms with van der Waals surface area (Å²) in [6, 6.07) is 56.6. The van der Waals surface area contributed by atoms with E-state index in [0.29, 0.717) is 51.6 Å². The number of hydrogen-bond donors (Lipinski definition) is 7. The van der Waals surface area contributed by atoms with Crippen molar-refractivity contribution in [2.24, 2.45) is 5.73 Å². The third-order valence-corrected chi connectivity index (χ3v) is 19.2. The topological polar surface area (TPSA) is 622 Å². The fourth-order valence-corrected chi connectivity index (χ4v) is 11.6. The van der Waals surface area contributed by atoms with Crippen LogP contribution in [0.4, 0.5) is 54.2 Å². The molecular formula is C94H102Cl3N10O31-. The number of methoxy groups -OCH3 is 3. The molecule has 736 valence electrons. The van der Waals surface area contributed by atoms with Gasteiger partial charge in [-0.25, -0.2) is 19.2 Å². The molecule has 0 heterocycles. The Hall–Kier alpha value is -16.1. The molecule has 0 aliphatic heterocycles. The highest BCUT2D eigenvalue weighted by molar-refractivity contribution is 6.61. The standard InChI is InChI=1S/C19H20N2O6.C19H22N2O4.C12H15NO4.C10H12N2O4.C8H7ClO2.C8H7NO4.C8H9NO3.C8H7NO3.C2H3ClO.ClH/c1-13-8-9-15(21(24)25)10-16(13)17(11-18(22)26-2)20-19(23)27-12-14-6-4-3-5-7-14;1-13-8-9-15(20)10-16(13)17(11-18(22)24-2)21-19(23)25-12-14-6-4-3-5-7-14;1-8-4-5-10(13(15)16)7-11(8)9(2)6-12(14)17-3;1-6-2-3-7(12(15)16)4-8(6)9(11)5-10(13)14;9-8(10)11-6-7-4-2-1-3-5-7;1-5-2-3-6(9(12)13)4-7(5)8(10)11;2*1-6-2-3-8(9(11)12)4-7(6)5-10;3-1-2-4;/h3-10,17H,11-12H2,1-2H3,(H,20,23);3-10,17H,11-12,20H2,1-2H3,(H,21,23);4-5,7,9H,6H2,1-3H3;2-4,9H,5,11H2,1H3,(H,13,14);1-5H,6H2;2-4H,1H3,(H,10,11);2-4,10H,5H2,1H3;2-5H,1H3;2H,1H2;1H/p-1. The SMILES string of the molecule is COC(=O)CC(C)c1cc([N+](=O)[O-])ccc1C.COC(=O)CC(NC(=O)OCc1ccccc1)c1cc(N)ccc1C.COC(=O)CC(NC(=O)OCc1ccccc1)c1cc([N+](=O)[O-])ccc1C.Cc1ccc([N+](=O)[O-])cc1C(=O)O.Cc1ccc([N+](=O)[O-])cc1C(N)CC(=O)O.Cc1ccc([N+](=O)[O-])cc1C=O.Cc1ccc([N+](=O)[O-])cc1CO.O=C(Cl)OCc1ccccc1.O=CCCl.[Cl-]. The minimum absolute atomic E-state index is 0. The molecule has 4 unspecified atom stereocenters. The Balaban J connectivity index is 0.000000799. The number of aliphatic hydroxyl groups is 1. The number of alkyl carbamates (subject to hydrolysis) is 2. The van der Waals surface area contributed by atoms with Gasteiger partial charge in [-0.1, -0.05) is 140 Å². The van der Waals surface area contributed by atoms with Crippen molar-refractivity contribution in [1.29, 1.82) is 0 Å². The Kier molecular flexibility index (Phi) is 55.5. The number of alkyl halides is 1. The maximum atomic E-state index is 12.2. The van der Waals surface area contributed by atoms with Crippen molar-refractivity contribution in [2.75, 3.05) is 32.9 Å². The number of carboxylic acids is 2. The number of nitrogens with one attached hydrogen (secondary N) is 2. The summed E-state index contributed by atoms with van der Waals surface area (Å²) < 4.78 is 28.9. The number of nitro benzene ring substituents is 6. The van der Waals surface area contributed by atoms with Crippen LogP contribution in [0.1, 0.15) is 161 Å². The predicted molar refractivity (Wildman–Crippen MR) is 503 cm³/mol. The second-order valence-electron chi connectivity index (χ2n) is 28.8. The molecule has 10 aromatic rings. The number of aromatic carboxylic acids is 1. The number of halogens is 3. The summed E-state index contributed by atoms with van der Waals surface area (Å²) in [5.41, 5.74) is 22.3. The van der Waals surface area contributed by atoms with Crippen LogP contribution in [0.15, 0.2) is 218 Å². The third kappa shape index (κ3) is 45.5. The maximum absolute atomic E-state index is 12.2. The molecule has 10 rings (SSSR count). The minimum Gasteiger partial charge on any atom is -1.00 e. The highest BCUT2D eigenvalue weighted by Gasteiger charge is 2.26. The molecular weight excluding hydrogens is 1870 g/mol. The molecule has 0 aliphatic carbocycles. The predicted octanol–water partition coefficient (Wildman–Crippen LogP) is 15.2. The highest BCUT2D eigenvalue weighted by atomic mass is 35.5. The number of nitro groups is 6. The van der Waals surface area contributed by atoms with Crippen LogP contribution >= 0.6 is 23.2 Å². The average Bonchev–Trinajstić information content (AvgIpc) is 0.834. The zero-order valence-corrected chi connectivity index (χ0v) is 78.6. The smallest absolute Gasteiger partial charge is 0.407 e. The van der Waals surface area contributed by atoms with Crippen LogP contribution in [0.3, 0.4) is 0 Å². The summed E-state index contributed by atoms with van der Waals surface area (Å²) in [6.07, 6.45) is -0.317. The molecule has 2 amide bonds. The number of carbonyl (C=O) groups is 10. The number of carboxylic acid groups (broad SMARTS) is 2. The summed E-state index contributed by atoms with van der Waals surface area (Å²) >= 11 is 9.78. The first-order valence-corrected chi connectivity index (χ1v) is 41.3. The number of nitrogens with two attached hydrogens (primary N) is 2. The molecule has 0 radical (unpaired) electrons. The number of carbonyl (C=O) groups excluding carboxylic acids is 8. The van der Waals surface area contributed by atoms with Gasteiger partial charge in [-0.05, 0) is 150 Å². The number of aliphatic carboxylic acids is 1. The third-order valence-electron chi connectivity index (χ3n) is 18.9. The van der Waals surface area contributed by atoms with Gasteiger partial charge < -0.3 is 83.0 Å². The molecule has 0 aliphatic rings. The first-order valence-electron chi connectivity index (χ1n) is 40.4. The lowest BCUT2D eigenvalue weighted by Gasteiger charge is -2.20. The summed E-state index contributed by atoms with van der Waals surface area (Å²) in [5, 5.41) is 94.5. The number of nitrogen functional groups attached to an aromatic ring is 1. The van der Waals surface area contributed by atoms with Gasteiger partial charge >= 0.3 is 47.5 Å². The molecule has 0 spiro atoms. The van der Waals surface area contributed by atoms with E-state index in [0.717, 1.165) is 61.7 Å². The normalized spacial score (nSPS) is 10.7. The van der Waals surface area contributed by atoms with Crippen LogP contribution in [-0.2, 0) is 78.8 Å². The molecule has 0 saturated heterocycles. The van der Waals surface area contributed by atoms with E-state index in [1.165, 1.54) is 94.1 Å². The Morgan fingerprint density at radius 1 is 0.420 bits per heavy atom. The number of aryl methyl sites for hydroxylation is 7. The number of benzene rings is 10. The van der Waals surface area contributed by atoms with E-state index >= 15 is 0 Å².